The molecule has 0 radical (unpaired) electrons. The molecule has 1 amide bonds. The van der Waals surface area contributed by atoms with Crippen LogP contribution < -0.4 is 11.1 Å². The molecule has 1 aromatic carbocycles. The van der Waals surface area contributed by atoms with Crippen molar-refractivity contribution in [3.63, 3.8) is 0 Å². The van der Waals surface area contributed by atoms with Gasteiger partial charge in [0.05, 0.1) is 0 Å². The molecular weight excluding hydrogens is 432 g/mol. The number of guanidine groups is 1. The van der Waals surface area contributed by atoms with Gasteiger partial charge in [0, 0.05) is 13.1 Å². The Morgan fingerprint density at radius 3 is 2.69 bits per heavy atom. The van der Waals surface area contributed by atoms with E-state index < -0.39 is 5.54 Å². The summed E-state index contributed by atoms with van der Waals surface area (Å²) in [4.78, 5) is 19.9. The lowest BCUT2D eigenvalue weighted by molar-refractivity contribution is -0.131. The molecule has 5 nitrogen and oxygen atoms in total. The van der Waals surface area contributed by atoms with Crippen LogP contribution in [0.5, 0.6) is 0 Å². The topological polar surface area (TPSA) is 70.7 Å². The quantitative estimate of drug-likeness (QED) is 0.498. The van der Waals surface area contributed by atoms with Crippen LogP contribution >= 0.6 is 0 Å². The van der Waals surface area contributed by atoms with Crippen LogP contribution in [0.3, 0.4) is 0 Å². The first-order valence-electron chi connectivity index (χ1n) is 14.2. The molecule has 4 aliphatic rings. The first-order chi connectivity index (χ1) is 17.0. The van der Waals surface area contributed by atoms with Crippen LogP contribution in [0, 0.1) is 11.8 Å². The number of aliphatic imine (C=N–C) groups is 1. The molecule has 0 spiro atoms. The predicted octanol–water partition coefficient (Wildman–Crippen LogP) is 5.44. The number of nitrogens with two attached hydrogens (primary N) is 1. The second-order valence-electron chi connectivity index (χ2n) is 11.6. The highest BCUT2D eigenvalue weighted by atomic mass is 16.2. The Morgan fingerprint density at radius 1 is 1.09 bits per heavy atom. The van der Waals surface area contributed by atoms with Gasteiger partial charge in [0.1, 0.15) is 5.54 Å². The number of hydrogen-bond donors (Lipinski definition) is 2. The first kappa shape index (κ1) is 24.5. The van der Waals surface area contributed by atoms with E-state index in [0.717, 1.165) is 51.0 Å². The molecule has 0 aromatic heterocycles. The molecule has 3 N–H and O–H groups in total. The molecular formula is C30H44N4O. The van der Waals surface area contributed by atoms with Gasteiger partial charge in [-0.2, -0.15) is 0 Å². The third-order valence-corrected chi connectivity index (χ3v) is 9.23. The van der Waals surface area contributed by atoms with E-state index in [4.69, 9.17) is 10.7 Å². The lowest BCUT2D eigenvalue weighted by atomic mass is 9.74. The van der Waals surface area contributed by atoms with Gasteiger partial charge in [-0.25, -0.2) is 4.99 Å². The summed E-state index contributed by atoms with van der Waals surface area (Å²) in [5.74, 6) is 1.83. The number of benzene rings is 1. The summed E-state index contributed by atoms with van der Waals surface area (Å²) in [6, 6.07) is 9.34. The first-order valence-corrected chi connectivity index (χ1v) is 14.2. The third-order valence-electron chi connectivity index (χ3n) is 9.23. The minimum atomic E-state index is -0.624. The molecule has 3 aliphatic carbocycles. The van der Waals surface area contributed by atoms with Crippen LogP contribution in [0.25, 0.3) is 5.57 Å². The van der Waals surface area contributed by atoms with Crippen LogP contribution in [0.4, 0.5) is 0 Å². The highest BCUT2D eigenvalue weighted by Crippen LogP contribution is 2.40. The molecule has 190 valence electrons. The number of hydrogen-bond acceptors (Lipinski definition) is 4. The summed E-state index contributed by atoms with van der Waals surface area (Å²) in [5.41, 5.74) is 9.95. The zero-order valence-electron chi connectivity index (χ0n) is 21.6. The van der Waals surface area contributed by atoms with Crippen molar-refractivity contribution in [3.05, 3.63) is 41.5 Å². The maximum Gasteiger partial charge on any atom is 0.257 e. The summed E-state index contributed by atoms with van der Waals surface area (Å²) >= 11 is 0. The van der Waals surface area contributed by atoms with Gasteiger partial charge in [-0.15, -0.1) is 0 Å². The summed E-state index contributed by atoms with van der Waals surface area (Å²) in [7, 11) is 1.80. The van der Waals surface area contributed by atoms with E-state index in [-0.39, 0.29) is 5.91 Å². The number of carbonyl (C=O) groups is 1. The third kappa shape index (κ3) is 5.50. The normalized spacial score (nSPS) is 29.3. The number of amides is 1. The summed E-state index contributed by atoms with van der Waals surface area (Å²) in [5, 5.41) is 3.86. The molecule has 2 fully saturated rings. The van der Waals surface area contributed by atoms with Gasteiger partial charge in [0.15, 0.2) is 5.96 Å². The Hall–Kier alpha value is -2.14. The number of allylic oxidation sites excluding steroid dienone is 1. The Labute approximate surface area is 211 Å². The van der Waals surface area contributed by atoms with Gasteiger partial charge in [-0.05, 0) is 80.0 Å². The fourth-order valence-corrected chi connectivity index (χ4v) is 7.22. The molecule has 5 rings (SSSR count). The van der Waals surface area contributed by atoms with Crippen LogP contribution in [-0.4, -0.2) is 41.9 Å². The lowest BCUT2D eigenvalue weighted by Gasteiger charge is -2.35. The zero-order valence-corrected chi connectivity index (χ0v) is 21.6. The zero-order chi connectivity index (χ0) is 24.3. The molecule has 3 atom stereocenters. The van der Waals surface area contributed by atoms with E-state index in [1.165, 1.54) is 68.1 Å². The van der Waals surface area contributed by atoms with E-state index in [1.54, 1.807) is 11.9 Å². The van der Waals surface area contributed by atoms with Crippen molar-refractivity contribution < 1.29 is 4.79 Å². The Morgan fingerprint density at radius 2 is 1.89 bits per heavy atom. The average molecular weight is 477 g/mol. The Kier molecular flexibility index (Phi) is 7.62. The second-order valence-corrected chi connectivity index (χ2v) is 11.6. The fraction of sp³-hybridized carbons (Fsp3) is 0.667. The number of fused-ring (bicyclic) bond motifs is 1. The molecule has 5 heteroatoms. The average Bonchev–Trinajstić information content (AvgIpc) is 3.38. The molecule has 1 aliphatic heterocycles. The highest BCUT2D eigenvalue weighted by molar-refractivity contribution is 6.06. The molecule has 1 heterocycles. The molecule has 0 saturated heterocycles. The Bertz CT molecular complexity index is 963. The monoisotopic (exact) mass is 476 g/mol. The molecule has 1 aromatic rings. The van der Waals surface area contributed by atoms with Crippen molar-refractivity contribution in [2.75, 3.05) is 13.6 Å². The summed E-state index contributed by atoms with van der Waals surface area (Å²) in [6.45, 7) is 1.02. The summed E-state index contributed by atoms with van der Waals surface area (Å²) in [6.07, 6.45) is 18.9. The van der Waals surface area contributed by atoms with Gasteiger partial charge >= 0.3 is 0 Å². The minimum Gasteiger partial charge on any atom is -0.369 e. The Balaban J connectivity index is 1.16. The van der Waals surface area contributed by atoms with E-state index in [1.807, 2.05) is 0 Å². The van der Waals surface area contributed by atoms with Crippen molar-refractivity contribution in [1.29, 1.82) is 0 Å². The maximum absolute atomic E-state index is 13.4. The van der Waals surface area contributed by atoms with E-state index in [2.05, 4.69) is 35.7 Å². The number of rotatable bonds is 9. The van der Waals surface area contributed by atoms with Crippen molar-refractivity contribution in [1.82, 2.24) is 10.2 Å². The van der Waals surface area contributed by atoms with Crippen molar-refractivity contribution in [2.24, 2.45) is 22.6 Å². The number of nitrogens with zero attached hydrogens (tertiary/aromatic N) is 2. The van der Waals surface area contributed by atoms with Gasteiger partial charge in [0.25, 0.3) is 5.91 Å². The van der Waals surface area contributed by atoms with Crippen molar-refractivity contribution in [3.8, 4) is 0 Å². The predicted molar refractivity (Wildman–Crippen MR) is 144 cm³/mol. The fourth-order valence-electron chi connectivity index (χ4n) is 7.22. The SMILES string of the molecule is CN1C(=O)[C@@](CCC2CCCCC2)(C[C@H]2CCC[C@H](NCCC3=CCc4ccccc43)C2)N=C1N. The second kappa shape index (κ2) is 10.9. The van der Waals surface area contributed by atoms with Gasteiger partial charge in [-0.1, -0.05) is 75.3 Å². The van der Waals surface area contributed by atoms with Crippen LogP contribution in [0.2, 0.25) is 0 Å². The van der Waals surface area contributed by atoms with Crippen LogP contribution in [0.15, 0.2) is 35.3 Å². The standard InChI is InChI=1S/C30H44N4O/c1-34-28(35)30(33-29(34)31,18-16-22-8-3-2-4-9-22)21-23-10-7-12-26(20-23)32-19-17-25-15-14-24-11-5-6-13-27(24)25/h5-6,11,13,15,22-23,26,32H,2-4,7-10,12,14,16-21H2,1H3,(H2,31,33)/t23-,26-,30+/m0/s1. The molecule has 35 heavy (non-hydrogen) atoms. The van der Waals surface area contributed by atoms with Crippen molar-refractivity contribution in [2.45, 2.75) is 101 Å². The molecule has 0 unspecified atom stereocenters. The molecule has 0 bridgehead atoms. The minimum absolute atomic E-state index is 0.132. The number of nitrogens with one attached hydrogen (secondary N) is 1. The van der Waals surface area contributed by atoms with Gasteiger partial charge < -0.3 is 11.1 Å². The maximum atomic E-state index is 13.4. The van der Waals surface area contributed by atoms with Gasteiger partial charge in [0.2, 0.25) is 0 Å². The molecule has 2 saturated carbocycles. The smallest absolute Gasteiger partial charge is 0.257 e. The van der Waals surface area contributed by atoms with Gasteiger partial charge in [-0.3, -0.25) is 9.69 Å². The van der Waals surface area contributed by atoms with E-state index in [0.29, 0.717) is 17.9 Å². The highest BCUT2D eigenvalue weighted by Gasteiger charge is 2.48. The summed E-state index contributed by atoms with van der Waals surface area (Å²) < 4.78 is 0. The van der Waals surface area contributed by atoms with Crippen LogP contribution in [-0.2, 0) is 11.2 Å². The van der Waals surface area contributed by atoms with E-state index in [9.17, 15) is 4.79 Å². The number of likely N-dealkylation sites (N-methyl/N-ethyl adjacent to an activating group) is 1. The van der Waals surface area contributed by atoms with E-state index >= 15 is 0 Å². The van der Waals surface area contributed by atoms with Crippen LogP contribution in [0.1, 0.15) is 94.6 Å². The lowest BCUT2D eigenvalue weighted by Crippen LogP contribution is -2.45. The van der Waals surface area contributed by atoms with Crippen molar-refractivity contribution >= 4 is 17.4 Å². The number of carbonyl (C=O) groups excluding carboxylic acids is 1. The largest absolute Gasteiger partial charge is 0.369 e.